The topological polar surface area (TPSA) is 149 Å². The number of esters is 3. The van der Waals surface area contributed by atoms with E-state index in [1.807, 2.05) is 0 Å². The SMILES string of the molecule is CCOP(=O)(OCC)C(N[C@H]1O[C@@H](C)[C@@H](OC(=O)C(C)(C)C)[C@@H](OC(=O)C(C)(C)C)[C@@H]1OC(=O)C(C)(C)C)c1ccco1. The van der Waals surface area contributed by atoms with E-state index < -0.39 is 78.2 Å². The van der Waals surface area contributed by atoms with Crippen LogP contribution in [0.2, 0.25) is 0 Å². The molecule has 1 unspecified atom stereocenters. The fraction of sp³-hybridized carbons (Fsp3) is 0.767. The lowest BCUT2D eigenvalue weighted by molar-refractivity contribution is -0.257. The van der Waals surface area contributed by atoms with Crippen LogP contribution < -0.4 is 5.32 Å². The van der Waals surface area contributed by atoms with Gasteiger partial charge in [-0.25, -0.2) is 0 Å². The van der Waals surface area contributed by atoms with Crippen LogP contribution >= 0.6 is 7.60 Å². The van der Waals surface area contributed by atoms with E-state index in [2.05, 4.69) is 5.32 Å². The minimum Gasteiger partial charge on any atom is -0.467 e. The zero-order valence-corrected chi connectivity index (χ0v) is 28.4. The lowest BCUT2D eigenvalue weighted by Crippen LogP contribution is -2.65. The Bertz CT molecular complexity index is 1120. The second-order valence-electron chi connectivity index (χ2n) is 13.6. The molecule has 1 aliphatic rings. The quantitative estimate of drug-likeness (QED) is 0.180. The molecule has 1 aliphatic heterocycles. The lowest BCUT2D eigenvalue weighted by Gasteiger charge is -2.46. The first-order valence-corrected chi connectivity index (χ1v) is 16.2. The van der Waals surface area contributed by atoms with Crippen molar-refractivity contribution in [2.75, 3.05) is 13.2 Å². The van der Waals surface area contributed by atoms with E-state index >= 15 is 0 Å². The van der Waals surface area contributed by atoms with Crippen LogP contribution in [0.1, 0.15) is 94.6 Å². The largest absolute Gasteiger partial charge is 0.467 e. The number of nitrogens with one attached hydrogen (secondary N) is 1. The molecular formula is C30H50NO11P. The van der Waals surface area contributed by atoms with Crippen LogP contribution in [-0.2, 0) is 46.9 Å². The van der Waals surface area contributed by atoms with Crippen LogP contribution in [0.3, 0.4) is 0 Å². The van der Waals surface area contributed by atoms with E-state index in [1.165, 1.54) is 6.26 Å². The highest BCUT2D eigenvalue weighted by molar-refractivity contribution is 7.54. The molecule has 0 aliphatic carbocycles. The number of hydrogen-bond acceptors (Lipinski definition) is 12. The minimum absolute atomic E-state index is 0.0666. The molecule has 6 atom stereocenters. The van der Waals surface area contributed by atoms with Gasteiger partial charge in [0.2, 0.25) is 0 Å². The van der Waals surface area contributed by atoms with Crippen molar-refractivity contribution >= 4 is 25.5 Å². The molecule has 1 saturated heterocycles. The van der Waals surface area contributed by atoms with Crippen LogP contribution in [-0.4, -0.2) is 61.8 Å². The molecule has 0 radical (unpaired) electrons. The summed E-state index contributed by atoms with van der Waals surface area (Å²) in [5.74, 6) is -2.80. The molecule has 43 heavy (non-hydrogen) atoms. The first-order valence-electron chi connectivity index (χ1n) is 14.6. The number of carbonyl (C=O) groups excluding carboxylic acids is 3. The zero-order valence-electron chi connectivity index (χ0n) is 27.5. The molecule has 0 aromatic carbocycles. The normalized spacial score (nSPS) is 24.2. The molecular weight excluding hydrogens is 581 g/mol. The van der Waals surface area contributed by atoms with Crippen molar-refractivity contribution in [2.45, 2.75) is 120 Å². The van der Waals surface area contributed by atoms with Gasteiger partial charge in [0.15, 0.2) is 30.3 Å². The minimum atomic E-state index is -3.95. The summed E-state index contributed by atoms with van der Waals surface area (Å²) < 4.78 is 55.1. The van der Waals surface area contributed by atoms with E-state index in [-0.39, 0.29) is 19.0 Å². The fourth-order valence-electron chi connectivity index (χ4n) is 3.95. The Balaban J connectivity index is 2.70. The van der Waals surface area contributed by atoms with Gasteiger partial charge in [-0.2, -0.15) is 0 Å². The molecule has 0 bridgehead atoms. The molecule has 13 heteroatoms. The summed E-state index contributed by atoms with van der Waals surface area (Å²) in [6.07, 6.45) is -4.53. The van der Waals surface area contributed by atoms with Gasteiger partial charge in [0.05, 0.1) is 41.8 Å². The van der Waals surface area contributed by atoms with Crippen molar-refractivity contribution in [1.29, 1.82) is 0 Å². The second kappa shape index (κ2) is 14.2. The standard InChI is InChI=1S/C30H50NO11P/c1-13-37-43(35,38-14-2)24(19-16-15-17-36-19)31-23-22(42-27(34)30(10,11)12)21(41-26(33)29(7,8)9)20(18(3)39-23)40-25(32)28(4,5)6/h15-18,20-24,31H,13-14H2,1-12H3/t18-,20+,21+,22-,23-,24?/m0/s1. The molecule has 2 heterocycles. The van der Waals surface area contributed by atoms with Crippen LogP contribution in [0.4, 0.5) is 0 Å². The number of rotatable bonds is 11. The molecule has 246 valence electrons. The van der Waals surface area contributed by atoms with E-state index in [9.17, 15) is 18.9 Å². The van der Waals surface area contributed by atoms with Crippen molar-refractivity contribution in [3.8, 4) is 0 Å². The maximum absolute atomic E-state index is 14.1. The predicted octanol–water partition coefficient (Wildman–Crippen LogP) is 5.75. The van der Waals surface area contributed by atoms with Crippen LogP contribution in [0.25, 0.3) is 0 Å². The van der Waals surface area contributed by atoms with Crippen molar-refractivity contribution in [3.05, 3.63) is 24.2 Å². The number of hydrogen-bond donors (Lipinski definition) is 1. The third kappa shape index (κ3) is 9.62. The Kier molecular flexibility index (Phi) is 12.2. The zero-order chi connectivity index (χ0) is 33.0. The number of carbonyl (C=O) groups is 3. The first kappa shape index (κ1) is 36.9. The van der Waals surface area contributed by atoms with Crippen LogP contribution in [0.5, 0.6) is 0 Å². The summed E-state index contributed by atoms with van der Waals surface area (Å²) in [5, 5.41) is 3.11. The first-order chi connectivity index (χ1) is 19.7. The molecule has 1 N–H and O–H groups in total. The summed E-state index contributed by atoms with van der Waals surface area (Å²) in [6.45, 7) is 20.2. The number of furan rings is 1. The van der Waals surface area contributed by atoms with Gasteiger partial charge >= 0.3 is 25.5 Å². The second-order valence-corrected chi connectivity index (χ2v) is 15.7. The summed E-state index contributed by atoms with van der Waals surface area (Å²) in [5.41, 5.74) is -2.80. The monoisotopic (exact) mass is 631 g/mol. The Morgan fingerprint density at radius 3 is 1.65 bits per heavy atom. The molecule has 0 saturated carbocycles. The van der Waals surface area contributed by atoms with Crippen molar-refractivity contribution in [1.82, 2.24) is 5.32 Å². The Labute approximate surface area is 255 Å². The summed E-state index contributed by atoms with van der Waals surface area (Å²) in [4.78, 5) is 39.7. The van der Waals surface area contributed by atoms with Crippen molar-refractivity contribution in [3.63, 3.8) is 0 Å². The summed E-state index contributed by atoms with van der Waals surface area (Å²) in [6, 6.07) is 3.21. The van der Waals surface area contributed by atoms with Gasteiger partial charge in [0.1, 0.15) is 5.76 Å². The smallest absolute Gasteiger partial charge is 0.355 e. The lowest BCUT2D eigenvalue weighted by atomic mass is 9.93. The highest BCUT2D eigenvalue weighted by atomic mass is 31.2. The van der Waals surface area contributed by atoms with Gasteiger partial charge in [0.25, 0.3) is 0 Å². The Morgan fingerprint density at radius 1 is 0.814 bits per heavy atom. The summed E-state index contributed by atoms with van der Waals surface area (Å²) >= 11 is 0. The van der Waals surface area contributed by atoms with E-state index in [0.29, 0.717) is 0 Å². The molecule has 0 amide bonds. The predicted molar refractivity (Wildman–Crippen MR) is 158 cm³/mol. The highest BCUT2D eigenvalue weighted by Gasteiger charge is 2.54. The van der Waals surface area contributed by atoms with Crippen LogP contribution in [0.15, 0.2) is 22.8 Å². The average molecular weight is 632 g/mol. The van der Waals surface area contributed by atoms with Gasteiger partial charge in [-0.3, -0.25) is 24.3 Å². The molecule has 1 aromatic heterocycles. The van der Waals surface area contributed by atoms with Gasteiger partial charge in [-0.15, -0.1) is 0 Å². The third-order valence-corrected chi connectivity index (χ3v) is 8.68. The molecule has 1 fully saturated rings. The third-order valence-electron chi connectivity index (χ3n) is 6.41. The number of ether oxygens (including phenoxy) is 4. The summed E-state index contributed by atoms with van der Waals surface area (Å²) in [7, 11) is -3.95. The van der Waals surface area contributed by atoms with Gasteiger partial charge in [-0.1, -0.05) is 0 Å². The van der Waals surface area contributed by atoms with E-state index in [1.54, 1.807) is 95.2 Å². The van der Waals surface area contributed by atoms with Crippen LogP contribution in [0, 0.1) is 16.2 Å². The maximum atomic E-state index is 14.1. The maximum Gasteiger partial charge on any atom is 0.355 e. The molecule has 0 spiro atoms. The van der Waals surface area contributed by atoms with Crippen molar-refractivity contribution < 1.29 is 51.4 Å². The average Bonchev–Trinajstić information content (AvgIpc) is 3.39. The Hall–Kier alpha value is -2.24. The Morgan fingerprint density at radius 2 is 1.26 bits per heavy atom. The molecule has 12 nitrogen and oxygen atoms in total. The van der Waals surface area contributed by atoms with Gasteiger partial charge < -0.3 is 32.4 Å². The van der Waals surface area contributed by atoms with Crippen molar-refractivity contribution in [2.24, 2.45) is 16.2 Å². The fourth-order valence-corrected chi connectivity index (χ4v) is 5.83. The van der Waals surface area contributed by atoms with Gasteiger partial charge in [0, 0.05) is 0 Å². The molecule has 2 rings (SSSR count). The highest BCUT2D eigenvalue weighted by Crippen LogP contribution is 2.60. The van der Waals surface area contributed by atoms with E-state index in [4.69, 9.17) is 32.4 Å². The van der Waals surface area contributed by atoms with E-state index in [0.717, 1.165) is 0 Å². The molecule has 1 aromatic rings. The van der Waals surface area contributed by atoms with Gasteiger partial charge in [-0.05, 0) is 95.2 Å².